The molecule has 0 aliphatic heterocycles. The van der Waals surface area contributed by atoms with E-state index in [1.807, 2.05) is 12.2 Å². The van der Waals surface area contributed by atoms with Crippen LogP contribution in [0.15, 0.2) is 60.8 Å². The van der Waals surface area contributed by atoms with E-state index in [-0.39, 0.29) is 24.9 Å². The highest BCUT2D eigenvalue weighted by atomic mass is 16.5. The molecule has 0 saturated carbocycles. The highest BCUT2D eigenvalue weighted by Crippen LogP contribution is 2.16. The molecule has 330 valence electrons. The zero-order valence-corrected chi connectivity index (χ0v) is 37.5. The van der Waals surface area contributed by atoms with E-state index < -0.39 is 18.2 Å². The number of allylic oxidation sites excluding steroid dienone is 9. The van der Waals surface area contributed by atoms with Crippen molar-refractivity contribution in [3.05, 3.63) is 60.8 Å². The van der Waals surface area contributed by atoms with Gasteiger partial charge in [-0.05, 0) is 44.9 Å². The quantitative estimate of drug-likeness (QED) is 0.0325. The monoisotopic (exact) mass is 798 g/mol. The molecule has 6 nitrogen and oxygen atoms in total. The van der Waals surface area contributed by atoms with Gasteiger partial charge in [0.1, 0.15) is 6.10 Å². The number of nitrogens with one attached hydrogen (secondary N) is 1. The van der Waals surface area contributed by atoms with Crippen LogP contribution in [0.1, 0.15) is 226 Å². The maximum atomic E-state index is 13.1. The maximum absolute atomic E-state index is 13.1. The van der Waals surface area contributed by atoms with Crippen molar-refractivity contribution in [3.63, 3.8) is 0 Å². The van der Waals surface area contributed by atoms with Gasteiger partial charge in [-0.1, -0.05) is 223 Å². The Morgan fingerprint density at radius 2 is 0.912 bits per heavy atom. The molecule has 0 rings (SSSR count). The Morgan fingerprint density at radius 3 is 1.33 bits per heavy atom. The summed E-state index contributed by atoms with van der Waals surface area (Å²) in [5, 5.41) is 23.6. The summed E-state index contributed by atoms with van der Waals surface area (Å²) in [5.41, 5.74) is 0. The Morgan fingerprint density at radius 1 is 0.526 bits per heavy atom. The molecule has 0 aromatic carbocycles. The summed E-state index contributed by atoms with van der Waals surface area (Å²) in [6.45, 7) is 6.32. The first kappa shape index (κ1) is 54.6. The number of amides is 1. The smallest absolute Gasteiger partial charge is 0.306 e. The van der Waals surface area contributed by atoms with E-state index in [2.05, 4.69) is 74.7 Å². The Hall–Kier alpha value is -2.44. The van der Waals surface area contributed by atoms with Crippen molar-refractivity contribution in [1.82, 2.24) is 5.32 Å². The number of hydrogen-bond acceptors (Lipinski definition) is 5. The van der Waals surface area contributed by atoms with Crippen LogP contribution in [0.25, 0.3) is 0 Å². The van der Waals surface area contributed by atoms with Crippen LogP contribution < -0.4 is 5.32 Å². The van der Waals surface area contributed by atoms with Crippen molar-refractivity contribution in [2.24, 2.45) is 0 Å². The molecule has 0 aliphatic rings. The minimum atomic E-state index is -0.810. The number of unbranched alkanes of at least 4 members (excludes halogenated alkanes) is 21. The standard InChI is InChI=1S/C51H91NO5/c1-4-7-10-13-16-19-22-24-25-26-28-30-33-36-39-42-47(57-51(56)44-41-38-35-32-27-21-18-15-12-9-6-3)45-50(55)52-48(46-53)49(54)43-40-37-34-31-29-23-20-17-14-11-8-5-2/h7,10,16,19,24-25,28,30,36,39,47-49,53-54H,4-6,8-9,11-15,17-18,20-23,26-27,29,31-35,37-38,40-46H2,1-3H3,(H,52,55)/b10-7-,19-16-,25-24-,30-28-,39-36-. The van der Waals surface area contributed by atoms with Crippen LogP contribution in [0.2, 0.25) is 0 Å². The number of carbonyl (C=O) groups is 2. The van der Waals surface area contributed by atoms with Crippen molar-refractivity contribution < 1.29 is 24.5 Å². The molecule has 57 heavy (non-hydrogen) atoms. The Labute approximate surface area is 352 Å². The van der Waals surface area contributed by atoms with E-state index in [1.165, 1.54) is 109 Å². The fourth-order valence-electron chi connectivity index (χ4n) is 6.98. The van der Waals surface area contributed by atoms with E-state index in [0.29, 0.717) is 19.3 Å². The number of aliphatic hydroxyl groups is 2. The molecular weight excluding hydrogens is 707 g/mol. The summed E-state index contributed by atoms with van der Waals surface area (Å²) < 4.78 is 5.84. The summed E-state index contributed by atoms with van der Waals surface area (Å²) in [4.78, 5) is 26.0. The van der Waals surface area contributed by atoms with Gasteiger partial charge in [-0.3, -0.25) is 9.59 Å². The summed E-state index contributed by atoms with van der Waals surface area (Å²) in [6, 6.07) is -0.730. The molecule has 0 aliphatic carbocycles. The first-order valence-corrected chi connectivity index (χ1v) is 24.0. The van der Waals surface area contributed by atoms with E-state index in [1.54, 1.807) is 0 Å². The Kier molecular flexibility index (Phi) is 42.7. The fourth-order valence-corrected chi connectivity index (χ4v) is 6.98. The predicted octanol–water partition coefficient (Wildman–Crippen LogP) is 14.1. The lowest BCUT2D eigenvalue weighted by molar-refractivity contribution is -0.150. The van der Waals surface area contributed by atoms with E-state index >= 15 is 0 Å². The van der Waals surface area contributed by atoms with Gasteiger partial charge < -0.3 is 20.3 Å². The molecule has 0 aromatic rings. The van der Waals surface area contributed by atoms with Gasteiger partial charge in [0.05, 0.1) is 25.2 Å². The molecule has 3 atom stereocenters. The van der Waals surface area contributed by atoms with Gasteiger partial charge in [-0.15, -0.1) is 0 Å². The first-order valence-electron chi connectivity index (χ1n) is 24.0. The number of hydrogen-bond donors (Lipinski definition) is 3. The van der Waals surface area contributed by atoms with Gasteiger partial charge >= 0.3 is 5.97 Å². The summed E-state index contributed by atoms with van der Waals surface area (Å²) in [5.74, 6) is -0.579. The van der Waals surface area contributed by atoms with Gasteiger partial charge in [0, 0.05) is 12.8 Å². The van der Waals surface area contributed by atoms with Crippen molar-refractivity contribution >= 4 is 11.9 Å². The number of esters is 1. The molecule has 0 saturated heterocycles. The molecule has 0 bridgehead atoms. The van der Waals surface area contributed by atoms with Gasteiger partial charge in [-0.2, -0.15) is 0 Å². The highest BCUT2D eigenvalue weighted by Gasteiger charge is 2.23. The molecule has 0 spiro atoms. The normalized spacial score (nSPS) is 13.8. The zero-order chi connectivity index (χ0) is 41.7. The van der Waals surface area contributed by atoms with E-state index in [0.717, 1.165) is 70.6 Å². The van der Waals surface area contributed by atoms with Crippen LogP contribution in [0.4, 0.5) is 0 Å². The summed E-state index contributed by atoms with van der Waals surface area (Å²) in [6.07, 6.45) is 54.4. The number of aliphatic hydroxyl groups excluding tert-OH is 2. The summed E-state index contributed by atoms with van der Waals surface area (Å²) in [7, 11) is 0. The largest absolute Gasteiger partial charge is 0.461 e. The van der Waals surface area contributed by atoms with Crippen molar-refractivity contribution in [2.45, 2.75) is 244 Å². The molecule has 6 heteroatoms. The van der Waals surface area contributed by atoms with Gasteiger partial charge in [-0.25, -0.2) is 0 Å². The van der Waals surface area contributed by atoms with E-state index in [4.69, 9.17) is 4.74 Å². The zero-order valence-electron chi connectivity index (χ0n) is 37.5. The summed E-state index contributed by atoms with van der Waals surface area (Å²) >= 11 is 0. The van der Waals surface area contributed by atoms with Crippen molar-refractivity contribution in [1.29, 1.82) is 0 Å². The first-order chi connectivity index (χ1) is 28.0. The number of rotatable bonds is 42. The van der Waals surface area contributed by atoms with Gasteiger partial charge in [0.2, 0.25) is 5.91 Å². The second-order valence-electron chi connectivity index (χ2n) is 16.1. The average molecular weight is 798 g/mol. The lowest BCUT2D eigenvalue weighted by Crippen LogP contribution is -2.46. The molecular formula is C51H91NO5. The second-order valence-corrected chi connectivity index (χ2v) is 16.1. The maximum Gasteiger partial charge on any atom is 0.306 e. The lowest BCUT2D eigenvalue weighted by atomic mass is 10.0. The lowest BCUT2D eigenvalue weighted by Gasteiger charge is -2.24. The van der Waals surface area contributed by atoms with E-state index in [9.17, 15) is 19.8 Å². The van der Waals surface area contributed by atoms with Crippen LogP contribution in [-0.4, -0.2) is 46.9 Å². The van der Waals surface area contributed by atoms with Crippen LogP contribution in [0.3, 0.4) is 0 Å². The van der Waals surface area contributed by atoms with Crippen LogP contribution in [0.5, 0.6) is 0 Å². The third-order valence-corrected chi connectivity index (χ3v) is 10.6. The minimum absolute atomic E-state index is 0.000130. The molecule has 1 amide bonds. The Balaban J connectivity index is 4.74. The van der Waals surface area contributed by atoms with Crippen molar-refractivity contribution in [3.8, 4) is 0 Å². The molecule has 0 radical (unpaired) electrons. The Bertz CT molecular complexity index is 1030. The molecule has 3 N–H and O–H groups in total. The van der Waals surface area contributed by atoms with Crippen molar-refractivity contribution in [2.75, 3.05) is 6.61 Å². The van der Waals surface area contributed by atoms with Crippen LogP contribution >= 0.6 is 0 Å². The van der Waals surface area contributed by atoms with Crippen LogP contribution in [0, 0.1) is 0 Å². The molecule has 0 heterocycles. The number of carbonyl (C=O) groups excluding carboxylic acids is 2. The van der Waals surface area contributed by atoms with Gasteiger partial charge in [0.25, 0.3) is 0 Å². The average Bonchev–Trinajstić information content (AvgIpc) is 3.20. The van der Waals surface area contributed by atoms with Crippen LogP contribution in [-0.2, 0) is 14.3 Å². The topological polar surface area (TPSA) is 95.9 Å². The third kappa shape index (κ3) is 40.1. The predicted molar refractivity (Wildman–Crippen MR) is 245 cm³/mol. The van der Waals surface area contributed by atoms with Gasteiger partial charge in [0.15, 0.2) is 0 Å². The fraction of sp³-hybridized carbons (Fsp3) is 0.765. The molecule has 0 fully saturated rings. The highest BCUT2D eigenvalue weighted by molar-refractivity contribution is 5.77. The second kappa shape index (κ2) is 44.7. The molecule has 3 unspecified atom stereocenters. The SMILES string of the molecule is CC/C=C\C/C=C\C/C=C\C/C=C\C/C=C\CC(CC(=O)NC(CO)C(O)CCCCCCCCCCCCCC)OC(=O)CCCCCCCCCCCCC. The number of ether oxygens (including phenoxy) is 1. The minimum Gasteiger partial charge on any atom is -0.461 e. The molecule has 0 aromatic heterocycles. The third-order valence-electron chi connectivity index (χ3n) is 10.6.